The molecule has 118 valence electrons. The summed E-state index contributed by atoms with van der Waals surface area (Å²) in [6.07, 6.45) is 10.3. The fourth-order valence-corrected chi connectivity index (χ4v) is 3.12. The van der Waals surface area contributed by atoms with Gasteiger partial charge >= 0.3 is 6.09 Å². The smallest absolute Gasteiger partial charge is 0.410 e. The number of carbonyl (C=O) groups excluding carboxylic acids is 1. The van der Waals surface area contributed by atoms with Crippen LogP contribution in [0, 0.1) is 0 Å². The van der Waals surface area contributed by atoms with Crippen molar-refractivity contribution in [3.05, 3.63) is 18.7 Å². The van der Waals surface area contributed by atoms with E-state index in [0.717, 1.165) is 38.6 Å². The molecular weight excluding hydrogens is 286 g/mol. The van der Waals surface area contributed by atoms with Crippen molar-refractivity contribution in [2.24, 2.45) is 0 Å². The SMILES string of the molecule is CCCCOC(=O)N1C[C@H](S)C[C@@H]1CCCn1ccnc1. The van der Waals surface area contributed by atoms with E-state index in [1.54, 1.807) is 6.20 Å². The summed E-state index contributed by atoms with van der Waals surface area (Å²) in [6, 6.07) is 0.255. The fraction of sp³-hybridized carbons (Fsp3) is 0.733. The van der Waals surface area contributed by atoms with Gasteiger partial charge in [-0.2, -0.15) is 12.6 Å². The van der Waals surface area contributed by atoms with Gasteiger partial charge in [0.25, 0.3) is 0 Å². The fourth-order valence-electron chi connectivity index (χ4n) is 2.70. The number of hydrogen-bond donors (Lipinski definition) is 1. The largest absolute Gasteiger partial charge is 0.449 e. The van der Waals surface area contributed by atoms with Crippen LogP contribution in [0.3, 0.4) is 0 Å². The molecule has 0 spiro atoms. The van der Waals surface area contributed by atoms with Gasteiger partial charge in [0.2, 0.25) is 0 Å². The Labute approximate surface area is 132 Å². The zero-order chi connectivity index (χ0) is 15.1. The molecular formula is C15H25N3O2S. The second kappa shape index (κ2) is 8.32. The molecule has 1 aromatic rings. The number of ether oxygens (including phenoxy) is 1. The Kier molecular flexibility index (Phi) is 6.42. The maximum absolute atomic E-state index is 12.1. The van der Waals surface area contributed by atoms with E-state index in [4.69, 9.17) is 4.74 Å². The Morgan fingerprint density at radius 1 is 1.48 bits per heavy atom. The lowest BCUT2D eigenvalue weighted by Crippen LogP contribution is -2.36. The Hall–Kier alpha value is -1.17. The van der Waals surface area contributed by atoms with Gasteiger partial charge in [0.15, 0.2) is 0 Å². The average Bonchev–Trinajstić information content (AvgIpc) is 3.09. The third-order valence-electron chi connectivity index (χ3n) is 3.86. The van der Waals surface area contributed by atoms with Crippen molar-refractivity contribution in [2.75, 3.05) is 13.2 Å². The Morgan fingerprint density at radius 2 is 2.33 bits per heavy atom. The van der Waals surface area contributed by atoms with Crippen molar-refractivity contribution in [1.82, 2.24) is 14.5 Å². The van der Waals surface area contributed by atoms with Crippen LogP contribution >= 0.6 is 12.6 Å². The van der Waals surface area contributed by atoms with E-state index < -0.39 is 0 Å². The number of nitrogens with zero attached hydrogens (tertiary/aromatic N) is 3. The topological polar surface area (TPSA) is 47.4 Å². The van der Waals surface area contributed by atoms with E-state index >= 15 is 0 Å². The number of rotatable bonds is 7. The third-order valence-corrected chi connectivity index (χ3v) is 4.24. The molecule has 0 saturated carbocycles. The molecule has 1 aliphatic rings. The van der Waals surface area contributed by atoms with E-state index in [2.05, 4.69) is 29.1 Å². The molecule has 1 aliphatic heterocycles. The molecule has 0 aromatic carbocycles. The first-order valence-corrected chi connectivity index (χ1v) is 8.29. The summed E-state index contributed by atoms with van der Waals surface area (Å²) in [6.45, 7) is 4.24. The van der Waals surface area contributed by atoms with Crippen LogP contribution in [-0.4, -0.2) is 45.0 Å². The first kappa shape index (κ1) is 16.2. The minimum absolute atomic E-state index is 0.173. The van der Waals surface area contributed by atoms with Crippen LogP contribution in [0.1, 0.15) is 39.0 Å². The summed E-state index contributed by atoms with van der Waals surface area (Å²) < 4.78 is 7.40. The van der Waals surface area contributed by atoms with Gasteiger partial charge in [-0.05, 0) is 25.7 Å². The molecule has 5 nitrogen and oxygen atoms in total. The number of thiol groups is 1. The van der Waals surface area contributed by atoms with Crippen molar-refractivity contribution in [2.45, 2.75) is 56.9 Å². The maximum atomic E-state index is 12.1. The number of unbranched alkanes of at least 4 members (excludes halogenated alkanes) is 1. The second-order valence-corrected chi connectivity index (χ2v) is 6.34. The Balaban J connectivity index is 1.77. The molecule has 0 bridgehead atoms. The molecule has 0 radical (unpaired) electrons. The molecule has 0 N–H and O–H groups in total. The molecule has 0 unspecified atom stereocenters. The van der Waals surface area contributed by atoms with Crippen LogP contribution in [0.2, 0.25) is 0 Å². The van der Waals surface area contributed by atoms with E-state index in [-0.39, 0.29) is 17.4 Å². The normalized spacial score (nSPS) is 21.7. The summed E-state index contributed by atoms with van der Waals surface area (Å²) in [5.74, 6) is 0. The van der Waals surface area contributed by atoms with Crippen molar-refractivity contribution < 1.29 is 9.53 Å². The zero-order valence-corrected chi connectivity index (χ0v) is 13.5. The van der Waals surface area contributed by atoms with E-state index in [9.17, 15) is 4.79 Å². The standard InChI is InChI=1S/C15H25N3O2S/c1-2-3-9-20-15(19)18-11-14(21)10-13(18)5-4-7-17-8-6-16-12-17/h6,8,12-14,21H,2-5,7,9-11H2,1H3/t13-,14+/m0/s1. The third kappa shape index (κ3) is 4.95. The molecule has 2 atom stereocenters. The summed E-state index contributed by atoms with van der Waals surface area (Å²) in [7, 11) is 0. The lowest BCUT2D eigenvalue weighted by Gasteiger charge is -2.24. The molecule has 0 aliphatic carbocycles. The highest BCUT2D eigenvalue weighted by molar-refractivity contribution is 7.81. The molecule has 1 fully saturated rings. The highest BCUT2D eigenvalue weighted by atomic mass is 32.1. The van der Waals surface area contributed by atoms with Crippen molar-refractivity contribution >= 4 is 18.7 Å². The van der Waals surface area contributed by atoms with Crippen LogP contribution in [0.25, 0.3) is 0 Å². The molecule has 2 heterocycles. The second-order valence-electron chi connectivity index (χ2n) is 5.61. The predicted octanol–water partition coefficient (Wildman–Crippen LogP) is 2.97. The number of hydrogen-bond acceptors (Lipinski definition) is 4. The Morgan fingerprint density at radius 3 is 3.05 bits per heavy atom. The van der Waals surface area contributed by atoms with Gasteiger partial charge in [0, 0.05) is 36.8 Å². The predicted molar refractivity (Wildman–Crippen MR) is 85.6 cm³/mol. The van der Waals surface area contributed by atoms with Crippen molar-refractivity contribution in [3.63, 3.8) is 0 Å². The van der Waals surface area contributed by atoms with Gasteiger partial charge in [-0.3, -0.25) is 0 Å². The van der Waals surface area contributed by atoms with Gasteiger partial charge < -0.3 is 14.2 Å². The molecule has 2 rings (SSSR count). The number of aryl methyl sites for hydroxylation is 1. The Bertz CT molecular complexity index is 425. The van der Waals surface area contributed by atoms with Gasteiger partial charge in [-0.1, -0.05) is 13.3 Å². The number of imidazole rings is 1. The first-order valence-electron chi connectivity index (χ1n) is 7.78. The summed E-state index contributed by atoms with van der Waals surface area (Å²) in [5, 5.41) is 0.266. The van der Waals surface area contributed by atoms with Gasteiger partial charge in [-0.25, -0.2) is 9.78 Å². The molecule has 1 aromatic heterocycles. The molecule has 1 saturated heterocycles. The van der Waals surface area contributed by atoms with E-state index in [0.29, 0.717) is 13.2 Å². The first-order chi connectivity index (χ1) is 10.2. The molecule has 6 heteroatoms. The average molecular weight is 311 g/mol. The van der Waals surface area contributed by atoms with E-state index in [1.165, 1.54) is 0 Å². The number of carbonyl (C=O) groups is 1. The number of aromatic nitrogens is 2. The number of amides is 1. The lowest BCUT2D eigenvalue weighted by atomic mass is 10.1. The minimum Gasteiger partial charge on any atom is -0.449 e. The summed E-state index contributed by atoms with van der Waals surface area (Å²) >= 11 is 4.53. The maximum Gasteiger partial charge on any atom is 0.410 e. The van der Waals surface area contributed by atoms with Crippen LogP contribution in [-0.2, 0) is 11.3 Å². The highest BCUT2D eigenvalue weighted by Gasteiger charge is 2.34. The van der Waals surface area contributed by atoms with Gasteiger partial charge in [-0.15, -0.1) is 0 Å². The number of likely N-dealkylation sites (tertiary alicyclic amines) is 1. The van der Waals surface area contributed by atoms with Crippen molar-refractivity contribution in [1.29, 1.82) is 0 Å². The van der Waals surface area contributed by atoms with Crippen molar-refractivity contribution in [3.8, 4) is 0 Å². The van der Waals surface area contributed by atoms with Crippen LogP contribution in [0.15, 0.2) is 18.7 Å². The van der Waals surface area contributed by atoms with Crippen LogP contribution in [0.5, 0.6) is 0 Å². The van der Waals surface area contributed by atoms with Crippen LogP contribution < -0.4 is 0 Å². The van der Waals surface area contributed by atoms with Crippen LogP contribution in [0.4, 0.5) is 4.79 Å². The summed E-state index contributed by atoms with van der Waals surface area (Å²) in [5.41, 5.74) is 0. The monoisotopic (exact) mass is 311 g/mol. The molecule has 21 heavy (non-hydrogen) atoms. The minimum atomic E-state index is -0.173. The van der Waals surface area contributed by atoms with E-state index in [1.807, 2.05) is 17.4 Å². The highest BCUT2D eigenvalue weighted by Crippen LogP contribution is 2.26. The lowest BCUT2D eigenvalue weighted by molar-refractivity contribution is 0.0951. The van der Waals surface area contributed by atoms with Gasteiger partial charge in [0.1, 0.15) is 0 Å². The summed E-state index contributed by atoms with van der Waals surface area (Å²) in [4.78, 5) is 18.0. The quantitative estimate of drug-likeness (QED) is 0.622. The zero-order valence-electron chi connectivity index (χ0n) is 12.6. The molecule has 1 amide bonds. The van der Waals surface area contributed by atoms with Gasteiger partial charge in [0.05, 0.1) is 12.9 Å².